The minimum atomic E-state index is -0.280. The van der Waals surface area contributed by atoms with E-state index in [9.17, 15) is 9.18 Å². The van der Waals surface area contributed by atoms with Crippen molar-refractivity contribution in [3.8, 4) is 5.75 Å². The van der Waals surface area contributed by atoms with Gasteiger partial charge >= 0.3 is 0 Å². The van der Waals surface area contributed by atoms with Gasteiger partial charge in [-0.25, -0.2) is 4.39 Å². The Morgan fingerprint density at radius 3 is 2.92 bits per heavy atom. The number of benzene rings is 1. The molecule has 0 N–H and O–H groups in total. The molecule has 0 unspecified atom stereocenters. The number of nitrogens with zero attached hydrogens (tertiary/aromatic N) is 2. The van der Waals surface area contributed by atoms with Gasteiger partial charge in [0.15, 0.2) is 0 Å². The van der Waals surface area contributed by atoms with Gasteiger partial charge in [-0.15, -0.1) is 0 Å². The Morgan fingerprint density at radius 2 is 2.17 bits per heavy atom. The normalized spacial score (nSPS) is 24.3. The first kappa shape index (κ1) is 17.1. The van der Waals surface area contributed by atoms with Gasteiger partial charge in [-0.1, -0.05) is 6.07 Å². The fraction of sp³-hybridized carbons (Fsp3) is 0.588. The van der Waals surface area contributed by atoms with Crippen molar-refractivity contribution in [1.82, 2.24) is 9.80 Å². The third kappa shape index (κ3) is 3.38. The fourth-order valence-corrected chi connectivity index (χ4v) is 3.46. The Balaban J connectivity index is 1.71. The molecule has 24 heavy (non-hydrogen) atoms. The highest BCUT2D eigenvalue weighted by Gasteiger charge is 2.43. The summed E-state index contributed by atoms with van der Waals surface area (Å²) in [5.41, 5.74) is 0.536. The molecule has 1 amide bonds. The maximum Gasteiger partial charge on any atom is 0.249 e. The maximum atomic E-state index is 14.1. The maximum absolute atomic E-state index is 14.1. The highest BCUT2D eigenvalue weighted by atomic mass is 19.1. The number of hydrogen-bond donors (Lipinski definition) is 0. The Hall–Kier alpha value is -1.70. The number of halogens is 1. The van der Waals surface area contributed by atoms with E-state index in [1.165, 1.54) is 13.2 Å². The zero-order valence-corrected chi connectivity index (χ0v) is 14.0. The summed E-state index contributed by atoms with van der Waals surface area (Å²) in [4.78, 5) is 16.0. The zero-order valence-electron chi connectivity index (χ0n) is 14.0. The second-order valence-corrected chi connectivity index (χ2v) is 6.11. The summed E-state index contributed by atoms with van der Waals surface area (Å²) < 4.78 is 30.2. The lowest BCUT2D eigenvalue weighted by Crippen LogP contribution is -2.54. The fourth-order valence-electron chi connectivity index (χ4n) is 3.46. The minimum absolute atomic E-state index is 0.0147. The number of ether oxygens (including phenoxy) is 3. The van der Waals surface area contributed by atoms with E-state index in [0.29, 0.717) is 44.1 Å². The summed E-state index contributed by atoms with van der Waals surface area (Å²) in [7, 11) is 3.16. The molecule has 3 rings (SSSR count). The monoisotopic (exact) mass is 338 g/mol. The van der Waals surface area contributed by atoms with Crippen LogP contribution in [0.15, 0.2) is 18.2 Å². The highest BCUT2D eigenvalue weighted by molar-refractivity contribution is 5.78. The van der Waals surface area contributed by atoms with Crippen LogP contribution in [-0.4, -0.2) is 74.9 Å². The van der Waals surface area contributed by atoms with Gasteiger partial charge in [-0.2, -0.15) is 0 Å². The Labute approximate surface area is 141 Å². The lowest BCUT2D eigenvalue weighted by Gasteiger charge is -2.36. The molecule has 2 heterocycles. The van der Waals surface area contributed by atoms with Crippen molar-refractivity contribution in [3.05, 3.63) is 29.6 Å². The van der Waals surface area contributed by atoms with E-state index >= 15 is 0 Å². The molecular formula is C17H23FN2O4. The topological polar surface area (TPSA) is 51.2 Å². The summed E-state index contributed by atoms with van der Waals surface area (Å²) in [6.45, 7) is 2.89. The standard InChI is InChI=1S/C17H23FN2O4/c1-22-7-6-20-14-9-19(10-16(14)24-11-17(20)21)8-12-13(18)4-3-5-15(12)23-2/h3-5,14,16H,6-11H2,1-2H3/t14-,16-/m0/s1. The first-order valence-electron chi connectivity index (χ1n) is 8.07. The van der Waals surface area contributed by atoms with E-state index in [4.69, 9.17) is 14.2 Å². The summed E-state index contributed by atoms with van der Waals surface area (Å²) in [6.07, 6.45) is -0.0441. The third-order valence-electron chi connectivity index (χ3n) is 4.67. The number of amides is 1. The molecule has 0 spiro atoms. The van der Waals surface area contributed by atoms with Crippen LogP contribution in [0, 0.1) is 5.82 Å². The van der Waals surface area contributed by atoms with Gasteiger partial charge in [0.25, 0.3) is 0 Å². The van der Waals surface area contributed by atoms with Crippen LogP contribution >= 0.6 is 0 Å². The SMILES string of the molecule is COCCN1C(=O)CO[C@H]2CN(Cc3c(F)cccc3OC)C[C@@H]21. The highest BCUT2D eigenvalue weighted by Crippen LogP contribution is 2.28. The zero-order chi connectivity index (χ0) is 17.1. The summed E-state index contributed by atoms with van der Waals surface area (Å²) in [6, 6.07) is 4.81. The van der Waals surface area contributed by atoms with Crippen LogP contribution in [0.25, 0.3) is 0 Å². The molecule has 0 radical (unpaired) electrons. The van der Waals surface area contributed by atoms with E-state index in [1.807, 2.05) is 4.90 Å². The molecule has 2 atom stereocenters. The van der Waals surface area contributed by atoms with E-state index < -0.39 is 0 Å². The second kappa shape index (κ2) is 7.46. The molecule has 2 fully saturated rings. The second-order valence-electron chi connectivity index (χ2n) is 6.11. The molecule has 132 valence electrons. The molecule has 0 bridgehead atoms. The molecule has 1 aromatic carbocycles. The smallest absolute Gasteiger partial charge is 0.249 e. The van der Waals surface area contributed by atoms with Crippen LogP contribution < -0.4 is 4.74 Å². The van der Waals surface area contributed by atoms with Gasteiger partial charge in [-0.05, 0) is 12.1 Å². The van der Waals surface area contributed by atoms with E-state index in [0.717, 1.165) is 0 Å². The van der Waals surface area contributed by atoms with Crippen molar-refractivity contribution >= 4 is 5.91 Å². The van der Waals surface area contributed by atoms with Crippen LogP contribution in [0.1, 0.15) is 5.56 Å². The van der Waals surface area contributed by atoms with Crippen molar-refractivity contribution < 1.29 is 23.4 Å². The lowest BCUT2D eigenvalue weighted by atomic mass is 10.1. The summed E-state index contributed by atoms with van der Waals surface area (Å²) in [5, 5.41) is 0. The lowest BCUT2D eigenvalue weighted by molar-refractivity contribution is -0.153. The number of methoxy groups -OCH3 is 2. The first-order valence-corrected chi connectivity index (χ1v) is 8.07. The van der Waals surface area contributed by atoms with Crippen LogP contribution in [0.2, 0.25) is 0 Å². The van der Waals surface area contributed by atoms with Gasteiger partial charge in [0.1, 0.15) is 18.2 Å². The number of hydrogen-bond acceptors (Lipinski definition) is 5. The van der Waals surface area contributed by atoms with Gasteiger partial charge < -0.3 is 19.1 Å². The van der Waals surface area contributed by atoms with Crippen LogP contribution in [0.3, 0.4) is 0 Å². The van der Waals surface area contributed by atoms with Gasteiger partial charge in [0.2, 0.25) is 5.91 Å². The van der Waals surface area contributed by atoms with Crippen LogP contribution in [-0.2, 0) is 20.8 Å². The van der Waals surface area contributed by atoms with Gasteiger partial charge in [-0.3, -0.25) is 9.69 Å². The predicted octanol–water partition coefficient (Wildman–Crippen LogP) is 0.892. The molecular weight excluding hydrogens is 315 g/mol. The van der Waals surface area contributed by atoms with Crippen molar-refractivity contribution in [1.29, 1.82) is 0 Å². The third-order valence-corrected chi connectivity index (χ3v) is 4.67. The Bertz CT molecular complexity index is 598. The first-order chi connectivity index (χ1) is 11.6. The molecule has 2 aliphatic heterocycles. The molecule has 0 aromatic heterocycles. The van der Waals surface area contributed by atoms with Crippen LogP contribution in [0.5, 0.6) is 5.75 Å². The van der Waals surface area contributed by atoms with Crippen molar-refractivity contribution in [2.24, 2.45) is 0 Å². The summed E-state index contributed by atoms with van der Waals surface area (Å²) in [5.74, 6) is 0.245. The molecule has 7 heteroatoms. The number of morpholine rings is 1. The number of fused-ring (bicyclic) bond motifs is 1. The Kier molecular flexibility index (Phi) is 5.33. The van der Waals surface area contributed by atoms with Crippen LogP contribution in [0.4, 0.5) is 4.39 Å². The minimum Gasteiger partial charge on any atom is -0.496 e. The number of likely N-dealkylation sites (tertiary alicyclic amines) is 1. The Morgan fingerprint density at radius 1 is 1.33 bits per heavy atom. The molecule has 6 nitrogen and oxygen atoms in total. The van der Waals surface area contributed by atoms with Crippen molar-refractivity contribution in [2.75, 3.05) is 47.1 Å². The number of rotatable bonds is 6. The molecule has 2 aliphatic rings. The predicted molar refractivity (Wildman–Crippen MR) is 85.3 cm³/mol. The van der Waals surface area contributed by atoms with Gasteiger partial charge in [0, 0.05) is 38.9 Å². The largest absolute Gasteiger partial charge is 0.496 e. The molecule has 0 saturated carbocycles. The average Bonchev–Trinajstić information content (AvgIpc) is 2.98. The number of carbonyl (C=O) groups excluding carboxylic acids is 1. The van der Waals surface area contributed by atoms with E-state index in [1.54, 1.807) is 19.2 Å². The molecule has 2 saturated heterocycles. The van der Waals surface area contributed by atoms with Crippen molar-refractivity contribution in [2.45, 2.75) is 18.7 Å². The molecule has 1 aromatic rings. The average molecular weight is 338 g/mol. The van der Waals surface area contributed by atoms with Gasteiger partial charge in [0.05, 0.1) is 25.9 Å². The summed E-state index contributed by atoms with van der Waals surface area (Å²) >= 11 is 0. The quantitative estimate of drug-likeness (QED) is 0.771. The number of carbonyl (C=O) groups is 1. The van der Waals surface area contributed by atoms with E-state index in [-0.39, 0.29) is 30.5 Å². The van der Waals surface area contributed by atoms with Crippen molar-refractivity contribution in [3.63, 3.8) is 0 Å². The molecule has 0 aliphatic carbocycles. The van der Waals surface area contributed by atoms with E-state index in [2.05, 4.69) is 4.90 Å².